The first-order valence-electron chi connectivity index (χ1n) is 5.22. The number of hydrogen-bond donors (Lipinski definition) is 0. The van der Waals surface area contributed by atoms with E-state index < -0.39 is 0 Å². The second kappa shape index (κ2) is 4.37. The molecule has 88 valence electrons. The summed E-state index contributed by atoms with van der Waals surface area (Å²) in [4.78, 5) is 10.7. The molecule has 0 radical (unpaired) electrons. The molecule has 0 atom stereocenters. The van der Waals surface area contributed by atoms with Crippen molar-refractivity contribution in [3.05, 3.63) is 40.6 Å². The molecule has 0 saturated carbocycles. The van der Waals surface area contributed by atoms with Gasteiger partial charge in [0.1, 0.15) is 11.4 Å². The van der Waals surface area contributed by atoms with Gasteiger partial charge in [-0.25, -0.2) is 4.68 Å². The van der Waals surface area contributed by atoms with Crippen LogP contribution in [0.15, 0.2) is 29.4 Å². The first-order valence-corrected chi connectivity index (χ1v) is 5.22. The fraction of sp³-hybridized carbons (Fsp3) is 0.250. The van der Waals surface area contributed by atoms with Crippen molar-refractivity contribution >= 4 is 5.69 Å². The molecule has 0 spiro atoms. The van der Waals surface area contributed by atoms with Crippen LogP contribution >= 0.6 is 0 Å². The van der Waals surface area contributed by atoms with Crippen LogP contribution in [-0.4, -0.2) is 16.9 Å². The van der Waals surface area contributed by atoms with Crippen LogP contribution in [0, 0.1) is 18.8 Å². The molecule has 0 amide bonds. The number of hydrogen-bond acceptors (Lipinski definition) is 4. The summed E-state index contributed by atoms with van der Waals surface area (Å²) in [5, 5.41) is 7.30. The lowest BCUT2D eigenvalue weighted by Gasteiger charge is -2.09. The van der Waals surface area contributed by atoms with Gasteiger partial charge < -0.3 is 4.74 Å². The van der Waals surface area contributed by atoms with Crippen LogP contribution in [0.2, 0.25) is 0 Å². The Morgan fingerprint density at radius 1 is 1.29 bits per heavy atom. The summed E-state index contributed by atoms with van der Waals surface area (Å²) in [5.74, 6) is 0.704. The smallest absolute Gasteiger partial charge is 0.152 e. The third-order valence-corrected chi connectivity index (χ3v) is 2.66. The molecule has 0 saturated heterocycles. The van der Waals surface area contributed by atoms with Crippen molar-refractivity contribution in [3.8, 4) is 11.4 Å². The molecule has 2 rings (SSSR count). The Labute approximate surface area is 99.0 Å². The van der Waals surface area contributed by atoms with Crippen LogP contribution in [-0.2, 0) is 0 Å². The van der Waals surface area contributed by atoms with E-state index in [2.05, 4.69) is 10.3 Å². The highest BCUT2D eigenvalue weighted by molar-refractivity contribution is 5.53. The van der Waals surface area contributed by atoms with Gasteiger partial charge in [-0.05, 0) is 31.2 Å². The van der Waals surface area contributed by atoms with E-state index in [4.69, 9.17) is 4.74 Å². The van der Waals surface area contributed by atoms with E-state index in [0.29, 0.717) is 22.8 Å². The van der Waals surface area contributed by atoms with E-state index in [0.717, 1.165) is 5.69 Å². The number of benzene rings is 1. The predicted octanol–water partition coefficient (Wildman–Crippen LogP) is 2.90. The number of rotatable bonds is 3. The van der Waals surface area contributed by atoms with Gasteiger partial charge in [0.2, 0.25) is 0 Å². The summed E-state index contributed by atoms with van der Waals surface area (Å²) in [6.45, 7) is 3.57. The minimum absolute atomic E-state index is 0.385. The van der Waals surface area contributed by atoms with Gasteiger partial charge in [-0.2, -0.15) is 5.10 Å². The van der Waals surface area contributed by atoms with E-state index in [9.17, 15) is 4.91 Å². The molecule has 5 heteroatoms. The van der Waals surface area contributed by atoms with Crippen molar-refractivity contribution in [2.75, 3.05) is 7.11 Å². The summed E-state index contributed by atoms with van der Waals surface area (Å²) in [6.07, 6.45) is 0. The number of nitrogens with zero attached hydrogens (tertiary/aromatic N) is 3. The monoisotopic (exact) mass is 231 g/mol. The Bertz CT molecular complexity index is 561. The molecule has 0 aliphatic heterocycles. The molecular formula is C12H13N3O2. The van der Waals surface area contributed by atoms with Crippen LogP contribution in [0.1, 0.15) is 11.4 Å². The molecule has 0 N–H and O–H groups in total. The number of aryl methyl sites for hydroxylation is 1. The fourth-order valence-electron chi connectivity index (χ4n) is 1.81. The maximum absolute atomic E-state index is 10.7. The van der Waals surface area contributed by atoms with E-state index in [1.807, 2.05) is 31.2 Å². The number of methoxy groups -OCH3 is 1. The fourth-order valence-corrected chi connectivity index (χ4v) is 1.81. The Hall–Kier alpha value is -2.17. The van der Waals surface area contributed by atoms with Gasteiger partial charge in [-0.3, -0.25) is 0 Å². The number of nitroso groups, excluding NO2 is 1. The highest BCUT2D eigenvalue weighted by atomic mass is 16.5. The molecule has 1 aromatic carbocycles. The summed E-state index contributed by atoms with van der Waals surface area (Å²) in [5.41, 5.74) is 2.51. The third-order valence-electron chi connectivity index (χ3n) is 2.66. The van der Waals surface area contributed by atoms with Crippen LogP contribution in [0.4, 0.5) is 5.69 Å². The molecule has 1 heterocycles. The molecule has 2 aromatic rings. The highest BCUT2D eigenvalue weighted by Gasteiger charge is 2.15. The lowest BCUT2D eigenvalue weighted by atomic mass is 10.3. The maximum atomic E-state index is 10.7. The van der Waals surface area contributed by atoms with E-state index >= 15 is 0 Å². The van der Waals surface area contributed by atoms with E-state index in [-0.39, 0.29) is 0 Å². The van der Waals surface area contributed by atoms with Crippen LogP contribution in [0.5, 0.6) is 5.75 Å². The second-order valence-electron chi connectivity index (χ2n) is 3.69. The molecule has 0 aliphatic carbocycles. The topological polar surface area (TPSA) is 56.5 Å². The standard InChI is InChI=1S/C12H13N3O2/c1-8-12(14-16)9(2)15(13-8)10-6-4-5-7-11(10)17-3/h4-7H,1-3H3. The minimum Gasteiger partial charge on any atom is -0.494 e. The van der Waals surface area contributed by atoms with Gasteiger partial charge in [-0.15, -0.1) is 4.91 Å². The first kappa shape index (κ1) is 11.3. The van der Waals surface area contributed by atoms with Crippen molar-refractivity contribution in [1.82, 2.24) is 9.78 Å². The second-order valence-corrected chi connectivity index (χ2v) is 3.69. The lowest BCUT2D eigenvalue weighted by molar-refractivity contribution is 0.411. The van der Waals surface area contributed by atoms with Gasteiger partial charge >= 0.3 is 0 Å². The molecule has 17 heavy (non-hydrogen) atoms. The molecule has 0 aliphatic rings. The zero-order valence-corrected chi connectivity index (χ0v) is 9.97. The van der Waals surface area contributed by atoms with Gasteiger partial charge in [0.05, 0.1) is 18.5 Å². The number of aromatic nitrogens is 2. The maximum Gasteiger partial charge on any atom is 0.152 e. The minimum atomic E-state index is 0.385. The Morgan fingerprint density at radius 3 is 2.59 bits per heavy atom. The van der Waals surface area contributed by atoms with Crippen molar-refractivity contribution in [2.45, 2.75) is 13.8 Å². The normalized spacial score (nSPS) is 10.3. The first-order chi connectivity index (χ1) is 8.19. The van der Waals surface area contributed by atoms with Crippen molar-refractivity contribution in [1.29, 1.82) is 0 Å². The van der Waals surface area contributed by atoms with E-state index in [1.54, 1.807) is 18.7 Å². The Kier molecular flexibility index (Phi) is 2.91. The van der Waals surface area contributed by atoms with E-state index in [1.165, 1.54) is 0 Å². The average Bonchev–Trinajstić information content (AvgIpc) is 2.64. The Morgan fingerprint density at radius 2 is 2.00 bits per heavy atom. The van der Waals surface area contributed by atoms with Gasteiger partial charge in [0.15, 0.2) is 5.69 Å². The third kappa shape index (κ3) is 1.80. The number of ether oxygens (including phenoxy) is 1. The summed E-state index contributed by atoms with van der Waals surface area (Å²) >= 11 is 0. The summed E-state index contributed by atoms with van der Waals surface area (Å²) < 4.78 is 6.94. The van der Waals surface area contributed by atoms with Crippen molar-refractivity contribution < 1.29 is 4.74 Å². The summed E-state index contributed by atoms with van der Waals surface area (Å²) in [7, 11) is 1.60. The molecule has 0 bridgehead atoms. The predicted molar refractivity (Wildman–Crippen MR) is 65.0 cm³/mol. The molecule has 0 fully saturated rings. The van der Waals surface area contributed by atoms with Gasteiger partial charge in [0.25, 0.3) is 0 Å². The van der Waals surface area contributed by atoms with Crippen molar-refractivity contribution in [2.24, 2.45) is 5.18 Å². The molecule has 0 unspecified atom stereocenters. The largest absolute Gasteiger partial charge is 0.494 e. The summed E-state index contributed by atoms with van der Waals surface area (Å²) in [6, 6.07) is 7.50. The van der Waals surface area contributed by atoms with Crippen molar-refractivity contribution in [3.63, 3.8) is 0 Å². The van der Waals surface area contributed by atoms with Gasteiger partial charge in [0, 0.05) is 0 Å². The van der Waals surface area contributed by atoms with Crippen LogP contribution < -0.4 is 4.74 Å². The zero-order chi connectivity index (χ0) is 12.4. The lowest BCUT2D eigenvalue weighted by Crippen LogP contribution is -2.01. The average molecular weight is 231 g/mol. The zero-order valence-electron chi connectivity index (χ0n) is 9.97. The molecular weight excluding hydrogens is 218 g/mol. The number of para-hydroxylation sites is 2. The molecule has 1 aromatic heterocycles. The SMILES string of the molecule is COc1ccccc1-n1nc(C)c(N=O)c1C. The molecule has 5 nitrogen and oxygen atoms in total. The van der Waals surface area contributed by atoms with Crippen LogP contribution in [0.25, 0.3) is 5.69 Å². The van der Waals surface area contributed by atoms with Gasteiger partial charge in [-0.1, -0.05) is 12.1 Å². The highest BCUT2D eigenvalue weighted by Crippen LogP contribution is 2.29. The Balaban J connectivity index is 2.64. The van der Waals surface area contributed by atoms with Crippen LogP contribution in [0.3, 0.4) is 0 Å². The quantitative estimate of drug-likeness (QED) is 0.763.